The molecule has 0 fully saturated rings. The predicted octanol–water partition coefficient (Wildman–Crippen LogP) is -1.30. The number of aliphatic hydroxyl groups is 1. The summed E-state index contributed by atoms with van der Waals surface area (Å²) in [6.07, 6.45) is -1.41. The first-order valence-electron chi connectivity index (χ1n) is 2.24. The van der Waals surface area contributed by atoms with Crippen molar-refractivity contribution in [1.29, 1.82) is 0 Å². The molecule has 0 spiro atoms. The summed E-state index contributed by atoms with van der Waals surface area (Å²) in [6, 6.07) is 0. The van der Waals surface area contributed by atoms with Crippen LogP contribution in [0.15, 0.2) is 0 Å². The van der Waals surface area contributed by atoms with Gasteiger partial charge in [0.05, 0.1) is 0 Å². The first-order valence-corrected chi connectivity index (χ1v) is 2.24. The molecule has 0 amide bonds. The monoisotopic (exact) mass is 287 g/mol. The first kappa shape index (κ1) is 17.1. The van der Waals surface area contributed by atoms with E-state index in [4.69, 9.17) is 5.11 Å². The molecular weight excluding hydrogens is 276 g/mol. The van der Waals surface area contributed by atoms with Gasteiger partial charge in [-0.05, 0) is 13.8 Å². The topological polar surface area (TPSA) is 85.9 Å². The van der Waals surface area contributed by atoms with E-state index < -0.39 is 17.7 Å². The summed E-state index contributed by atoms with van der Waals surface area (Å²) in [5.74, 6) is -1.00. The van der Waals surface area contributed by atoms with Crippen LogP contribution in [-0.2, 0) is 9.59 Å². The van der Waals surface area contributed by atoms with Crippen LogP contribution in [-0.4, -0.2) is 28.3 Å². The van der Waals surface area contributed by atoms with Gasteiger partial charge in [-0.3, -0.25) is 9.59 Å². The van der Waals surface area contributed by atoms with Gasteiger partial charge in [-0.2, -0.15) is 0 Å². The Morgan fingerprint density at radius 1 is 1.20 bits per heavy atom. The van der Waals surface area contributed by atoms with Crippen LogP contribution in [0.1, 0.15) is 13.8 Å². The van der Waals surface area contributed by atoms with Crippen LogP contribution in [0.3, 0.4) is 0 Å². The second-order valence-corrected chi connectivity index (χ2v) is 1.62. The number of carbonyl (C=O) groups is 2. The molecule has 61 valence electrons. The van der Waals surface area contributed by atoms with E-state index in [1.54, 1.807) is 0 Å². The summed E-state index contributed by atoms with van der Waals surface area (Å²) in [6.45, 7) is 2.35. The van der Waals surface area contributed by atoms with Crippen molar-refractivity contribution in [3.8, 4) is 0 Å². The molecule has 0 unspecified atom stereocenters. The zero-order chi connectivity index (χ0) is 6.73. The average molecular weight is 286 g/mol. The first-order chi connectivity index (χ1) is 3.55. The summed E-state index contributed by atoms with van der Waals surface area (Å²) in [5.41, 5.74) is 0. The number of hydrogen-bond donors (Lipinski definition) is 1. The number of Topliss-reactive ketones (excluding diaryl/α,β-unsaturated/α-hetero) is 2. The minimum atomic E-state index is -1.41. The molecule has 5 heteroatoms. The van der Waals surface area contributed by atoms with Gasteiger partial charge >= 0.3 is 0 Å². The Balaban J connectivity index is -0.000000245. The van der Waals surface area contributed by atoms with Gasteiger partial charge in [-0.15, -0.1) is 0 Å². The fourth-order valence-electron chi connectivity index (χ4n) is 0.286. The molecule has 0 saturated heterocycles. The third-order valence-corrected chi connectivity index (χ3v) is 0.770. The molecule has 0 aromatic heterocycles. The van der Waals surface area contributed by atoms with E-state index in [2.05, 4.69) is 0 Å². The van der Waals surface area contributed by atoms with E-state index in [0.717, 1.165) is 0 Å². The maximum absolute atomic E-state index is 10.1. The zero-order valence-corrected chi connectivity index (χ0v) is 8.14. The Kier molecular flexibility index (Phi) is 13.6. The Labute approximate surface area is 99.8 Å². The molecule has 0 aromatic rings. The molecule has 0 heterocycles. The van der Waals surface area contributed by atoms with Crippen molar-refractivity contribution < 1.29 is 69.5 Å². The van der Waals surface area contributed by atoms with Crippen molar-refractivity contribution in [2.24, 2.45) is 0 Å². The largest absolute Gasteiger partial charge is 0.412 e. The molecule has 10 heavy (non-hydrogen) atoms. The standard InChI is InChI=1S/C5H8O3.Eu.H2O/c1-3(6)5(8)4(2)7;;/h5,8H,1-2H3;;1H2. The minimum absolute atomic E-state index is 0. The Hall–Kier alpha value is 0.844. The van der Waals surface area contributed by atoms with Crippen molar-refractivity contribution >= 4 is 11.6 Å². The van der Waals surface area contributed by atoms with E-state index >= 15 is 0 Å². The van der Waals surface area contributed by atoms with Crippen LogP contribution in [0.25, 0.3) is 0 Å². The van der Waals surface area contributed by atoms with Crippen LogP contribution in [0.4, 0.5) is 0 Å². The van der Waals surface area contributed by atoms with Crippen molar-refractivity contribution in [3.63, 3.8) is 0 Å². The molecule has 0 aliphatic rings. The average Bonchev–Trinajstić information content (AvgIpc) is 1.64. The normalized spacial score (nSPS) is 7.60. The SMILES string of the molecule is CC(=O)C(O)C(C)=O.O.[Eu]. The second kappa shape index (κ2) is 7.95. The maximum atomic E-state index is 10.1. The Morgan fingerprint density at radius 2 is 1.40 bits per heavy atom. The van der Waals surface area contributed by atoms with Crippen molar-refractivity contribution in [2.75, 3.05) is 0 Å². The van der Waals surface area contributed by atoms with E-state index in [9.17, 15) is 9.59 Å². The van der Waals surface area contributed by atoms with Gasteiger partial charge in [0.1, 0.15) is 0 Å². The van der Waals surface area contributed by atoms with Crippen molar-refractivity contribution in [2.45, 2.75) is 20.0 Å². The molecule has 0 aliphatic heterocycles. The predicted molar refractivity (Wildman–Crippen MR) is 31.0 cm³/mol. The van der Waals surface area contributed by atoms with Crippen molar-refractivity contribution in [3.05, 3.63) is 0 Å². The fraction of sp³-hybridized carbons (Fsp3) is 0.600. The molecule has 4 nitrogen and oxygen atoms in total. The molecular formula is C5H10EuO4. The number of carbonyl (C=O) groups excluding carboxylic acids is 2. The number of aliphatic hydroxyl groups excluding tert-OH is 1. The summed E-state index contributed by atoms with van der Waals surface area (Å²) in [7, 11) is 0. The fourth-order valence-corrected chi connectivity index (χ4v) is 0.286. The smallest absolute Gasteiger partial charge is 0.170 e. The summed E-state index contributed by atoms with van der Waals surface area (Å²) >= 11 is 0. The molecule has 0 bridgehead atoms. The second-order valence-electron chi connectivity index (χ2n) is 1.62. The van der Waals surface area contributed by atoms with Crippen LogP contribution < -0.4 is 0 Å². The molecule has 0 saturated carbocycles. The third kappa shape index (κ3) is 6.96. The van der Waals surface area contributed by atoms with E-state index in [1.807, 2.05) is 0 Å². The Bertz CT molecular complexity index is 109. The third-order valence-electron chi connectivity index (χ3n) is 0.770. The molecule has 0 rings (SSSR count). The molecule has 0 aliphatic carbocycles. The summed E-state index contributed by atoms with van der Waals surface area (Å²) in [4.78, 5) is 20.2. The minimum Gasteiger partial charge on any atom is -0.412 e. The van der Waals surface area contributed by atoms with Crippen LogP contribution in [0, 0.1) is 49.4 Å². The van der Waals surface area contributed by atoms with Crippen LogP contribution in [0.5, 0.6) is 0 Å². The van der Waals surface area contributed by atoms with E-state index in [0.29, 0.717) is 0 Å². The molecule has 1 radical (unpaired) electrons. The Morgan fingerprint density at radius 3 is 1.40 bits per heavy atom. The molecule has 0 atom stereocenters. The van der Waals surface area contributed by atoms with Gasteiger partial charge in [-0.25, -0.2) is 0 Å². The van der Waals surface area contributed by atoms with Gasteiger partial charge in [0.15, 0.2) is 17.7 Å². The number of ketones is 2. The number of rotatable bonds is 2. The summed E-state index contributed by atoms with van der Waals surface area (Å²) < 4.78 is 0. The van der Waals surface area contributed by atoms with Gasteiger partial charge < -0.3 is 10.6 Å². The van der Waals surface area contributed by atoms with Crippen molar-refractivity contribution in [1.82, 2.24) is 0 Å². The van der Waals surface area contributed by atoms with Crippen LogP contribution >= 0.6 is 0 Å². The summed E-state index contributed by atoms with van der Waals surface area (Å²) in [5, 5.41) is 8.50. The molecule has 3 N–H and O–H groups in total. The van der Waals surface area contributed by atoms with Gasteiger partial charge in [0.2, 0.25) is 0 Å². The van der Waals surface area contributed by atoms with E-state index in [-0.39, 0.29) is 54.9 Å². The van der Waals surface area contributed by atoms with Gasteiger partial charge in [0.25, 0.3) is 0 Å². The van der Waals surface area contributed by atoms with E-state index in [1.165, 1.54) is 13.8 Å². The van der Waals surface area contributed by atoms with Gasteiger partial charge in [0, 0.05) is 49.4 Å². The zero-order valence-electron chi connectivity index (χ0n) is 5.72. The molecule has 0 aromatic carbocycles. The van der Waals surface area contributed by atoms with Crippen LogP contribution in [0.2, 0.25) is 0 Å². The quantitative estimate of drug-likeness (QED) is 0.640. The van der Waals surface area contributed by atoms with Gasteiger partial charge in [-0.1, -0.05) is 0 Å². The number of hydrogen-bond acceptors (Lipinski definition) is 3. The maximum Gasteiger partial charge on any atom is 0.170 e.